The number of carboxylic acids is 1. The van der Waals surface area contributed by atoms with Crippen LogP contribution in [0.2, 0.25) is 0 Å². The summed E-state index contributed by atoms with van der Waals surface area (Å²) in [6, 6.07) is 9.29. The molecule has 158 valence electrons. The van der Waals surface area contributed by atoms with Gasteiger partial charge in [0.1, 0.15) is 6.54 Å². The Morgan fingerprint density at radius 2 is 1.44 bits per heavy atom. The van der Waals surface area contributed by atoms with Crippen LogP contribution in [0.4, 0.5) is 0 Å². The standard InChI is InChI=1S/C17H30N.C6H12O2.ClH/c1-6-15(5)17-12-10-16(11-13-17)14-18(7-2,8-3)9-4;1-4-6(2,3)5(7)8;/h10-13,15H,6-9,14H2,1-5H3;4H2,1-3H3,(H,7,8);1H/q+1;;/p-1. The molecule has 0 saturated carbocycles. The van der Waals surface area contributed by atoms with E-state index in [-0.39, 0.29) is 12.4 Å². The first-order valence-corrected chi connectivity index (χ1v) is 10.3. The van der Waals surface area contributed by atoms with Crippen molar-refractivity contribution < 1.29 is 26.8 Å². The van der Waals surface area contributed by atoms with E-state index in [4.69, 9.17) is 5.11 Å². The Labute approximate surface area is 174 Å². The highest BCUT2D eigenvalue weighted by Gasteiger charge is 2.23. The third kappa shape index (κ3) is 9.12. The predicted octanol–water partition coefficient (Wildman–Crippen LogP) is 3.09. The number of hydrogen-bond acceptors (Lipinski definition) is 1. The van der Waals surface area contributed by atoms with Crippen LogP contribution in [-0.4, -0.2) is 35.2 Å². The normalized spacial score (nSPS) is 12.4. The summed E-state index contributed by atoms with van der Waals surface area (Å²) in [6.07, 6.45) is 1.90. The zero-order chi connectivity index (χ0) is 20.4. The molecule has 1 aromatic carbocycles. The highest BCUT2D eigenvalue weighted by atomic mass is 35.5. The highest BCUT2D eigenvalue weighted by Crippen LogP contribution is 2.21. The van der Waals surface area contributed by atoms with E-state index in [2.05, 4.69) is 58.9 Å². The zero-order valence-corrected chi connectivity index (χ0v) is 19.6. The fraction of sp³-hybridized carbons (Fsp3) is 0.696. The van der Waals surface area contributed by atoms with E-state index >= 15 is 0 Å². The number of halogens is 1. The average Bonchev–Trinajstić information content (AvgIpc) is 2.66. The fourth-order valence-electron chi connectivity index (χ4n) is 2.73. The van der Waals surface area contributed by atoms with Gasteiger partial charge in [-0.05, 0) is 58.9 Å². The highest BCUT2D eigenvalue weighted by molar-refractivity contribution is 5.73. The Balaban J connectivity index is 0. The van der Waals surface area contributed by atoms with Crippen molar-refractivity contribution >= 4 is 5.97 Å². The lowest BCUT2D eigenvalue weighted by molar-refractivity contribution is -0.936. The molecule has 0 bridgehead atoms. The SMILES string of the molecule is CCC(C)(C)C(=O)O.CCC(C)c1ccc(C[N+](CC)(CC)CC)cc1.[Cl-]. The van der Waals surface area contributed by atoms with Crippen LogP contribution in [-0.2, 0) is 11.3 Å². The molecule has 0 aliphatic rings. The summed E-state index contributed by atoms with van der Waals surface area (Å²) in [6.45, 7) is 21.6. The van der Waals surface area contributed by atoms with Gasteiger partial charge < -0.3 is 22.0 Å². The van der Waals surface area contributed by atoms with E-state index in [0.29, 0.717) is 12.3 Å². The molecule has 4 heteroatoms. The second-order valence-electron chi connectivity index (χ2n) is 8.04. The summed E-state index contributed by atoms with van der Waals surface area (Å²) in [5.41, 5.74) is 2.41. The minimum absolute atomic E-state index is 0. The summed E-state index contributed by atoms with van der Waals surface area (Å²) in [5, 5.41) is 8.44. The van der Waals surface area contributed by atoms with Gasteiger partial charge in [0.15, 0.2) is 0 Å². The maximum Gasteiger partial charge on any atom is 0.309 e. The summed E-state index contributed by atoms with van der Waals surface area (Å²) < 4.78 is 1.20. The molecule has 0 aromatic heterocycles. The van der Waals surface area contributed by atoms with Crippen molar-refractivity contribution in [1.29, 1.82) is 0 Å². The van der Waals surface area contributed by atoms with Gasteiger partial charge in [-0.1, -0.05) is 45.0 Å². The predicted molar refractivity (Wildman–Crippen MR) is 112 cm³/mol. The first-order valence-electron chi connectivity index (χ1n) is 10.3. The summed E-state index contributed by atoms with van der Waals surface area (Å²) in [5.74, 6) is -0.0400. The minimum Gasteiger partial charge on any atom is -1.00 e. The summed E-state index contributed by atoms with van der Waals surface area (Å²) in [4.78, 5) is 10.3. The molecule has 0 aliphatic heterocycles. The van der Waals surface area contributed by atoms with Crippen LogP contribution in [0.5, 0.6) is 0 Å². The molecular formula is C23H42ClNO2. The number of carboxylic acid groups (broad SMARTS) is 1. The summed E-state index contributed by atoms with van der Waals surface area (Å²) in [7, 11) is 0. The van der Waals surface area contributed by atoms with Gasteiger partial charge in [-0.3, -0.25) is 4.79 Å². The molecule has 3 nitrogen and oxygen atoms in total. The van der Waals surface area contributed by atoms with E-state index in [9.17, 15) is 4.79 Å². The van der Waals surface area contributed by atoms with Crippen LogP contribution >= 0.6 is 0 Å². The maximum atomic E-state index is 10.3. The maximum absolute atomic E-state index is 10.3. The van der Waals surface area contributed by atoms with E-state index in [1.807, 2.05) is 6.92 Å². The smallest absolute Gasteiger partial charge is 0.309 e. The summed E-state index contributed by atoms with van der Waals surface area (Å²) >= 11 is 0. The molecule has 1 aromatic rings. The van der Waals surface area contributed by atoms with Gasteiger partial charge in [-0.25, -0.2) is 0 Å². The molecule has 1 unspecified atom stereocenters. The van der Waals surface area contributed by atoms with Gasteiger partial charge >= 0.3 is 5.97 Å². The first-order chi connectivity index (χ1) is 12.1. The molecule has 0 saturated heterocycles. The molecule has 1 N–H and O–H groups in total. The molecule has 0 radical (unpaired) electrons. The van der Waals surface area contributed by atoms with Crippen LogP contribution in [0, 0.1) is 5.41 Å². The quantitative estimate of drug-likeness (QED) is 0.648. The lowest BCUT2D eigenvalue weighted by Crippen LogP contribution is -3.00. The fourth-order valence-corrected chi connectivity index (χ4v) is 2.73. The van der Waals surface area contributed by atoms with Gasteiger partial charge in [0, 0.05) is 5.56 Å². The topological polar surface area (TPSA) is 37.3 Å². The van der Waals surface area contributed by atoms with E-state index in [0.717, 1.165) is 0 Å². The van der Waals surface area contributed by atoms with Gasteiger partial charge in [0.05, 0.1) is 25.0 Å². The Hall–Kier alpha value is -1.06. The lowest BCUT2D eigenvalue weighted by Gasteiger charge is -2.36. The minimum atomic E-state index is -0.722. The Kier molecular flexibility index (Phi) is 13.7. The van der Waals surface area contributed by atoms with E-state index < -0.39 is 11.4 Å². The van der Waals surface area contributed by atoms with Crippen LogP contribution in [0.1, 0.15) is 85.3 Å². The molecule has 27 heavy (non-hydrogen) atoms. The molecule has 0 amide bonds. The number of carbonyl (C=O) groups is 1. The molecule has 0 fully saturated rings. The molecule has 0 heterocycles. The molecular weight excluding hydrogens is 358 g/mol. The van der Waals surface area contributed by atoms with Crippen molar-refractivity contribution in [2.75, 3.05) is 19.6 Å². The second-order valence-corrected chi connectivity index (χ2v) is 8.04. The van der Waals surface area contributed by atoms with Crippen molar-refractivity contribution in [2.45, 2.75) is 80.7 Å². The average molecular weight is 400 g/mol. The number of quaternary nitrogens is 1. The number of nitrogens with zero attached hydrogens (tertiary/aromatic N) is 1. The third-order valence-corrected chi connectivity index (χ3v) is 6.15. The zero-order valence-electron chi connectivity index (χ0n) is 18.8. The molecule has 1 atom stereocenters. The van der Waals surface area contributed by atoms with Gasteiger partial charge in [-0.15, -0.1) is 0 Å². The van der Waals surface area contributed by atoms with Crippen LogP contribution in [0.15, 0.2) is 24.3 Å². The van der Waals surface area contributed by atoms with Crippen LogP contribution < -0.4 is 12.4 Å². The molecule has 1 rings (SSSR count). The third-order valence-electron chi connectivity index (χ3n) is 6.15. The number of hydrogen-bond donors (Lipinski definition) is 1. The van der Waals surface area contributed by atoms with E-state index in [1.165, 1.54) is 48.2 Å². The van der Waals surface area contributed by atoms with Crippen molar-refractivity contribution in [1.82, 2.24) is 0 Å². The van der Waals surface area contributed by atoms with Crippen molar-refractivity contribution in [3.05, 3.63) is 35.4 Å². The van der Waals surface area contributed by atoms with Crippen molar-refractivity contribution in [3.63, 3.8) is 0 Å². The Morgan fingerprint density at radius 1 is 1.00 bits per heavy atom. The molecule has 0 aliphatic carbocycles. The van der Waals surface area contributed by atoms with Gasteiger partial charge in [0.2, 0.25) is 0 Å². The van der Waals surface area contributed by atoms with E-state index in [1.54, 1.807) is 13.8 Å². The van der Waals surface area contributed by atoms with Crippen LogP contribution in [0.3, 0.4) is 0 Å². The number of benzene rings is 1. The Morgan fingerprint density at radius 3 is 1.70 bits per heavy atom. The lowest BCUT2D eigenvalue weighted by atomic mass is 9.91. The van der Waals surface area contributed by atoms with Crippen LogP contribution in [0.25, 0.3) is 0 Å². The van der Waals surface area contributed by atoms with Gasteiger partial charge in [0.25, 0.3) is 0 Å². The van der Waals surface area contributed by atoms with Crippen molar-refractivity contribution in [3.8, 4) is 0 Å². The number of rotatable bonds is 9. The monoisotopic (exact) mass is 399 g/mol. The van der Waals surface area contributed by atoms with Crippen molar-refractivity contribution in [2.24, 2.45) is 5.41 Å². The Bertz CT molecular complexity index is 513. The van der Waals surface area contributed by atoms with Gasteiger partial charge in [-0.2, -0.15) is 0 Å². The largest absolute Gasteiger partial charge is 1.00 e. The molecule has 0 spiro atoms. The number of aliphatic carboxylic acids is 1. The first kappa shape index (κ1) is 28.2. The second kappa shape index (κ2) is 13.2.